The number of rotatable bonds is 3. The highest BCUT2D eigenvalue weighted by Gasteiger charge is 2.30. The third-order valence-electron chi connectivity index (χ3n) is 3.04. The first-order valence-electron chi connectivity index (χ1n) is 6.47. The Balaban J connectivity index is 2.02. The average molecular weight is 370 g/mol. The first-order valence-corrected chi connectivity index (χ1v) is 7.66. The zero-order valence-corrected chi connectivity index (χ0v) is 13.3. The fourth-order valence-electron chi connectivity index (χ4n) is 2.05. The van der Waals surface area contributed by atoms with Crippen LogP contribution in [0, 0.1) is 11.3 Å². The van der Waals surface area contributed by atoms with Crippen LogP contribution in [0.1, 0.15) is 5.56 Å². The smallest absolute Gasteiger partial charge is 0.446 e. The highest BCUT2D eigenvalue weighted by Crippen LogP contribution is 2.42. The Hall–Kier alpha value is -2.37. The van der Waals surface area contributed by atoms with Crippen LogP contribution in [0.15, 0.2) is 41.4 Å². The number of ether oxygens (including phenoxy) is 1. The minimum Gasteiger partial charge on any atom is -0.455 e. The number of alkyl halides is 3. The molecule has 0 radical (unpaired) electrons. The molecule has 2 aromatic carbocycles. The van der Waals surface area contributed by atoms with Crippen LogP contribution in [0.4, 0.5) is 13.2 Å². The van der Waals surface area contributed by atoms with E-state index >= 15 is 0 Å². The van der Waals surface area contributed by atoms with Crippen LogP contribution in [0.3, 0.4) is 0 Å². The molecule has 3 aromatic rings. The molecular formula is C15H7ClF3N3OS. The van der Waals surface area contributed by atoms with Crippen LogP contribution in [-0.4, -0.2) is 15.7 Å². The number of hydrogen-bond donors (Lipinski definition) is 1. The summed E-state index contributed by atoms with van der Waals surface area (Å²) in [7, 11) is 0. The Bertz CT molecular complexity index is 949. The van der Waals surface area contributed by atoms with Gasteiger partial charge in [-0.3, -0.25) is 5.10 Å². The molecule has 1 N–H and O–H groups in total. The molecule has 0 bridgehead atoms. The summed E-state index contributed by atoms with van der Waals surface area (Å²) in [6, 6.07) is 9.15. The van der Waals surface area contributed by atoms with Gasteiger partial charge in [-0.25, -0.2) is 0 Å². The molecule has 122 valence electrons. The molecule has 1 aromatic heterocycles. The first kappa shape index (κ1) is 16.5. The minimum atomic E-state index is -4.41. The van der Waals surface area contributed by atoms with E-state index in [1.807, 2.05) is 6.07 Å². The number of aromatic nitrogens is 2. The molecule has 1 heterocycles. The molecule has 0 unspecified atom stereocenters. The third-order valence-corrected chi connectivity index (χ3v) is 4.15. The average Bonchev–Trinajstić information content (AvgIpc) is 3.00. The molecule has 0 aliphatic heterocycles. The SMILES string of the molecule is N#Cc1ccc(Cl)c(Oc2ccc(SC(F)(F)F)c3[nH]ncc23)c1. The lowest BCUT2D eigenvalue weighted by Gasteiger charge is -2.11. The second-order valence-corrected chi connectivity index (χ2v) is 6.14. The molecule has 0 fully saturated rings. The second-order valence-electron chi connectivity index (χ2n) is 4.63. The van der Waals surface area contributed by atoms with Crippen molar-refractivity contribution in [3.8, 4) is 17.6 Å². The van der Waals surface area contributed by atoms with E-state index in [-0.39, 0.29) is 38.7 Å². The molecule has 0 spiro atoms. The van der Waals surface area contributed by atoms with E-state index in [0.29, 0.717) is 10.9 Å². The van der Waals surface area contributed by atoms with E-state index in [9.17, 15) is 13.2 Å². The molecule has 0 amide bonds. The third kappa shape index (κ3) is 3.42. The molecule has 4 nitrogen and oxygen atoms in total. The number of nitriles is 1. The maximum absolute atomic E-state index is 12.6. The monoisotopic (exact) mass is 369 g/mol. The molecule has 3 rings (SSSR count). The zero-order valence-electron chi connectivity index (χ0n) is 11.7. The van der Waals surface area contributed by atoms with Gasteiger partial charge in [-0.2, -0.15) is 23.5 Å². The van der Waals surface area contributed by atoms with Gasteiger partial charge in [0.25, 0.3) is 0 Å². The van der Waals surface area contributed by atoms with E-state index in [0.717, 1.165) is 0 Å². The Morgan fingerprint density at radius 3 is 2.71 bits per heavy atom. The van der Waals surface area contributed by atoms with Gasteiger partial charge in [-0.1, -0.05) is 11.6 Å². The quantitative estimate of drug-likeness (QED) is 0.620. The van der Waals surface area contributed by atoms with Crippen LogP contribution in [0.25, 0.3) is 10.9 Å². The van der Waals surface area contributed by atoms with E-state index in [2.05, 4.69) is 10.2 Å². The lowest BCUT2D eigenvalue weighted by Crippen LogP contribution is -1.99. The number of aromatic amines is 1. The summed E-state index contributed by atoms with van der Waals surface area (Å²) in [4.78, 5) is -0.0146. The predicted octanol–water partition coefficient (Wildman–Crippen LogP) is 5.49. The lowest BCUT2D eigenvalue weighted by atomic mass is 10.2. The highest BCUT2D eigenvalue weighted by molar-refractivity contribution is 8.00. The number of benzene rings is 2. The van der Waals surface area contributed by atoms with Crippen molar-refractivity contribution in [2.75, 3.05) is 0 Å². The van der Waals surface area contributed by atoms with Gasteiger partial charge in [0.1, 0.15) is 11.5 Å². The van der Waals surface area contributed by atoms with Gasteiger partial charge in [-0.05, 0) is 36.0 Å². The second kappa shape index (κ2) is 6.26. The van der Waals surface area contributed by atoms with Crippen molar-refractivity contribution in [1.29, 1.82) is 5.26 Å². The van der Waals surface area contributed by atoms with Crippen molar-refractivity contribution in [1.82, 2.24) is 10.2 Å². The number of H-pyrrole nitrogens is 1. The molecule has 0 saturated heterocycles. The van der Waals surface area contributed by atoms with E-state index < -0.39 is 5.51 Å². The van der Waals surface area contributed by atoms with E-state index in [1.54, 1.807) is 0 Å². The predicted molar refractivity (Wildman–Crippen MR) is 84.2 cm³/mol. The maximum atomic E-state index is 12.6. The van der Waals surface area contributed by atoms with E-state index in [1.165, 1.54) is 36.5 Å². The van der Waals surface area contributed by atoms with Crippen LogP contribution in [0.5, 0.6) is 11.5 Å². The van der Waals surface area contributed by atoms with Gasteiger partial charge in [0.2, 0.25) is 0 Å². The van der Waals surface area contributed by atoms with Crippen molar-refractivity contribution in [2.24, 2.45) is 0 Å². The summed E-state index contributed by atoms with van der Waals surface area (Å²) in [6.45, 7) is 0. The topological polar surface area (TPSA) is 61.7 Å². The van der Waals surface area contributed by atoms with Gasteiger partial charge in [0.15, 0.2) is 0 Å². The molecule has 9 heteroatoms. The Morgan fingerprint density at radius 2 is 2.00 bits per heavy atom. The minimum absolute atomic E-state index is 0.0146. The maximum Gasteiger partial charge on any atom is 0.446 e. The Morgan fingerprint density at radius 1 is 1.21 bits per heavy atom. The Labute approximate surface area is 143 Å². The summed E-state index contributed by atoms with van der Waals surface area (Å²) in [5, 5.41) is 15.9. The number of nitrogens with zero attached hydrogens (tertiary/aromatic N) is 2. The molecule has 0 aliphatic carbocycles. The van der Waals surface area contributed by atoms with Gasteiger partial charge in [-0.15, -0.1) is 0 Å². The van der Waals surface area contributed by atoms with Crippen LogP contribution < -0.4 is 4.74 Å². The molecule has 24 heavy (non-hydrogen) atoms. The van der Waals surface area contributed by atoms with Crippen molar-refractivity contribution in [2.45, 2.75) is 10.4 Å². The fraction of sp³-hybridized carbons (Fsp3) is 0.0667. The van der Waals surface area contributed by atoms with Crippen molar-refractivity contribution >= 4 is 34.3 Å². The summed E-state index contributed by atoms with van der Waals surface area (Å²) in [5.74, 6) is 0.511. The van der Waals surface area contributed by atoms with E-state index in [4.69, 9.17) is 21.6 Å². The molecule has 0 aliphatic rings. The largest absolute Gasteiger partial charge is 0.455 e. The normalized spacial score (nSPS) is 11.5. The summed E-state index contributed by atoms with van der Waals surface area (Å²) in [6.07, 6.45) is 1.37. The van der Waals surface area contributed by atoms with Gasteiger partial charge in [0, 0.05) is 11.0 Å². The molecule has 0 saturated carbocycles. The number of fused-ring (bicyclic) bond motifs is 1. The number of hydrogen-bond acceptors (Lipinski definition) is 4. The highest BCUT2D eigenvalue weighted by atomic mass is 35.5. The van der Waals surface area contributed by atoms with Crippen LogP contribution in [-0.2, 0) is 0 Å². The van der Waals surface area contributed by atoms with Crippen molar-refractivity contribution in [3.63, 3.8) is 0 Å². The first-order chi connectivity index (χ1) is 11.4. The standard InChI is InChI=1S/C15H7ClF3N3OS/c16-10-2-1-8(6-20)5-12(10)23-11-3-4-13(24-15(17,18)19)14-9(11)7-21-22-14/h1-5,7H,(H,21,22). The fourth-order valence-corrected chi connectivity index (χ4v) is 2.85. The summed E-state index contributed by atoms with van der Waals surface area (Å²) in [5.41, 5.74) is -3.85. The lowest BCUT2D eigenvalue weighted by molar-refractivity contribution is -0.0327. The van der Waals surface area contributed by atoms with Crippen molar-refractivity contribution in [3.05, 3.63) is 47.1 Å². The molecule has 0 atom stereocenters. The van der Waals surface area contributed by atoms with Crippen LogP contribution >= 0.6 is 23.4 Å². The Kier molecular flexibility index (Phi) is 4.30. The van der Waals surface area contributed by atoms with Gasteiger partial charge >= 0.3 is 5.51 Å². The van der Waals surface area contributed by atoms with Crippen molar-refractivity contribution < 1.29 is 17.9 Å². The van der Waals surface area contributed by atoms with Crippen LogP contribution in [0.2, 0.25) is 5.02 Å². The zero-order chi connectivity index (χ0) is 17.3. The number of halogens is 4. The molecular weight excluding hydrogens is 363 g/mol. The van der Waals surface area contributed by atoms with Gasteiger partial charge < -0.3 is 4.74 Å². The summed E-state index contributed by atoms with van der Waals surface area (Å²) >= 11 is 5.80. The van der Waals surface area contributed by atoms with Gasteiger partial charge in [0.05, 0.1) is 33.8 Å². The number of thioether (sulfide) groups is 1. The number of nitrogens with one attached hydrogen (secondary N) is 1. The summed E-state index contributed by atoms with van der Waals surface area (Å²) < 4.78 is 43.5.